The van der Waals surface area contributed by atoms with Gasteiger partial charge in [-0.3, -0.25) is 43.0 Å². The monoisotopic (exact) mass is 1200 g/mol. The number of phosphoric acid groups is 3. The highest BCUT2D eigenvalue weighted by molar-refractivity contribution is 7.86. The van der Waals surface area contributed by atoms with E-state index in [9.17, 15) is 73.7 Å². The predicted molar refractivity (Wildman–Crippen MR) is 261 cm³/mol. The van der Waals surface area contributed by atoms with E-state index in [2.05, 4.69) is 33.7 Å². The molecule has 39 heteroatoms. The van der Waals surface area contributed by atoms with Crippen molar-refractivity contribution in [3.63, 3.8) is 0 Å². The first-order chi connectivity index (χ1) is 36.2. The molecule has 15 N–H and O–H groups in total. The number of rotatable bonds is 20. The molecule has 1 saturated heterocycles. The standard InChI is InChI=1S/C39H45N10O24P3S2/c1-47(36(53)19-7-4-3-6-18(19)26-20-9-11-22(40)32(77(62,63)64)29(20)70-30-21(26)10-12-23(41)33(30)78(65,66)67)15-5-8-25(50)43-13-14-44-39(54)71-31-24(16-68-75(58,59)73-76(60,61)72-74(55,56)57)69-37(28(31)51)49-17-48(2)27-34(49)45-38(42)46-35(27)52/h3-4,6-7,9-12,17,24,28,31,37,51H,5,8,13-16H2,1-2H3,(H13-,40,41,42,43,44,45,46,50,52,54,55,56,57,58,59,60,61,62,63,64,65,66,67)/p+1/t24-,28-,31-,37-/m1/s1. The molecule has 0 spiro atoms. The summed E-state index contributed by atoms with van der Waals surface area (Å²) in [6.45, 7) is -1.82. The summed E-state index contributed by atoms with van der Waals surface area (Å²) < 4.78 is 137. The van der Waals surface area contributed by atoms with Gasteiger partial charge in [-0.15, -0.1) is 0 Å². The number of hydrogen-bond donors (Lipinski definition) is 13. The summed E-state index contributed by atoms with van der Waals surface area (Å²) in [6.07, 6.45) is -7.36. The fraction of sp³-hybridized carbons (Fsp3) is 0.308. The number of H-pyrrole nitrogens is 1. The van der Waals surface area contributed by atoms with Crippen LogP contribution in [0.3, 0.4) is 0 Å². The maximum Gasteiger partial charge on any atom is 0.490 e. The van der Waals surface area contributed by atoms with Crippen LogP contribution in [0.1, 0.15) is 29.4 Å². The number of nitrogens with one attached hydrogen (secondary N) is 4. The van der Waals surface area contributed by atoms with E-state index in [0.717, 1.165) is 16.7 Å². The second-order valence-corrected chi connectivity index (χ2v) is 24.0. The molecule has 2 unspecified atom stereocenters. The molecule has 1 aliphatic carbocycles. The number of imidazole rings is 1. The van der Waals surface area contributed by atoms with Crippen LogP contribution in [0.2, 0.25) is 0 Å². The largest absolute Gasteiger partial charge is 0.490 e. The van der Waals surface area contributed by atoms with Crippen LogP contribution in [0.25, 0.3) is 44.6 Å². The summed E-state index contributed by atoms with van der Waals surface area (Å²) >= 11 is 0. The molecule has 3 amide bonds. The number of nitrogens with two attached hydrogens (primary N) is 2. The molecule has 0 saturated carbocycles. The number of nitrogens with zero attached hydrogens (tertiary/aromatic N) is 4. The molecule has 0 radical (unpaired) electrons. The van der Waals surface area contributed by atoms with E-state index < -0.39 is 130 Å². The van der Waals surface area contributed by atoms with Crippen LogP contribution in [0.15, 0.2) is 73.9 Å². The van der Waals surface area contributed by atoms with E-state index >= 15 is 0 Å². The zero-order chi connectivity index (χ0) is 57.6. The number of ether oxygens (including phenoxy) is 2. The lowest BCUT2D eigenvalue weighted by molar-refractivity contribution is -0.745. The number of aromatic nitrogens is 4. The number of aliphatic hydroxyl groups is 1. The Morgan fingerprint density at radius 2 is 1.60 bits per heavy atom. The van der Waals surface area contributed by atoms with Gasteiger partial charge in [-0.2, -0.15) is 25.5 Å². The summed E-state index contributed by atoms with van der Waals surface area (Å²) in [5.41, 5.74) is 9.42. The third-order valence-electron chi connectivity index (χ3n) is 11.3. The van der Waals surface area contributed by atoms with Crippen molar-refractivity contribution < 1.29 is 110 Å². The molecule has 0 bridgehead atoms. The molecule has 3 aliphatic rings. The molecule has 6 atom stereocenters. The minimum absolute atomic E-state index is 0.0137. The van der Waals surface area contributed by atoms with Crippen LogP contribution in [-0.4, -0.2) is 140 Å². The molecular formula is C39H46N10O24P3S2+. The zero-order valence-corrected chi connectivity index (χ0v) is 44.2. The number of anilines is 2. The first-order valence-electron chi connectivity index (χ1n) is 21.9. The fourth-order valence-electron chi connectivity index (χ4n) is 8.24. The van der Waals surface area contributed by atoms with Crippen LogP contribution < -0.4 is 37.6 Å². The third-order valence-corrected chi connectivity index (χ3v) is 17.0. The van der Waals surface area contributed by atoms with E-state index in [-0.39, 0.29) is 77.2 Å². The number of hydrogen-bond acceptors (Lipinski definition) is 22. The Bertz CT molecular complexity index is 3870. The van der Waals surface area contributed by atoms with Crippen molar-refractivity contribution in [3.05, 3.63) is 76.1 Å². The number of benzene rings is 3. The smallest absolute Gasteiger partial charge is 0.453 e. The quantitative estimate of drug-likeness (QED) is 0.0115. The van der Waals surface area contributed by atoms with Crippen molar-refractivity contribution in [1.82, 2.24) is 30.1 Å². The lowest BCUT2D eigenvalue weighted by Crippen LogP contribution is -2.47. The minimum Gasteiger partial charge on any atom is -0.453 e. The van der Waals surface area contributed by atoms with Gasteiger partial charge in [0.2, 0.25) is 17.7 Å². The first kappa shape index (κ1) is 59.1. The number of alkyl carbamates (subject to hydrolysis) is 1. The molecule has 7 rings (SSSR count). The topological polar surface area (TPSA) is 529 Å². The van der Waals surface area contributed by atoms with Gasteiger partial charge in [0, 0.05) is 55.2 Å². The fourth-order valence-corrected chi connectivity index (χ4v) is 12.8. The SMILES string of the molecule is CN(CCCC(=O)NCCNC(=O)O[C@H]1[C@@H](O)[C@H]([n+]2cn(C)c3c(=O)[nH]c(N)nc32)O[C@@H]1COP(=O)(O)OP(=O)(O)OP(=O)(O)O)C(=O)c1ccccc1-c1c2ccc(=N)c(S(=O)(=O)O)c-2oc2c(S(=O)(=O)O)c(N)ccc12. The zero-order valence-electron chi connectivity index (χ0n) is 39.9. The average molecular weight is 1200 g/mol. The maximum atomic E-state index is 14.1. The first-order valence-corrected chi connectivity index (χ1v) is 29.3. The third kappa shape index (κ3) is 13.1. The number of fused-ring (bicyclic) bond motifs is 3. The number of nitrogen functional groups attached to an aromatic ring is 2. The molecule has 1 fully saturated rings. The summed E-state index contributed by atoms with van der Waals surface area (Å²) in [4.78, 5) is 95.6. The molecule has 4 aromatic rings. The van der Waals surface area contributed by atoms with Crippen molar-refractivity contribution in [2.45, 2.75) is 47.2 Å². The highest BCUT2D eigenvalue weighted by Gasteiger charge is 2.52. The normalized spacial score (nSPS) is 18.6. The number of aliphatic hydroxyl groups excluding tert-OH is 1. The van der Waals surface area contributed by atoms with Gasteiger partial charge in [-0.25, -0.2) is 23.1 Å². The van der Waals surface area contributed by atoms with Gasteiger partial charge in [0.05, 0.1) is 24.7 Å². The highest BCUT2D eigenvalue weighted by atomic mass is 32.2. The lowest BCUT2D eigenvalue weighted by atomic mass is 9.90. The Morgan fingerprint density at radius 1 is 0.936 bits per heavy atom. The van der Waals surface area contributed by atoms with Gasteiger partial charge in [-0.1, -0.05) is 23.2 Å². The summed E-state index contributed by atoms with van der Waals surface area (Å²) in [7, 11) is -25.1. The molecule has 2 aromatic heterocycles. The summed E-state index contributed by atoms with van der Waals surface area (Å²) in [5, 5.41) is 23.6. The van der Waals surface area contributed by atoms with Crippen molar-refractivity contribution in [2.24, 2.45) is 7.05 Å². The Balaban J connectivity index is 0.995. The second-order valence-electron chi connectivity index (χ2n) is 16.8. The number of amides is 3. The molecule has 78 heavy (non-hydrogen) atoms. The van der Waals surface area contributed by atoms with Gasteiger partial charge >= 0.3 is 35.2 Å². The minimum atomic E-state index is -5.97. The summed E-state index contributed by atoms with van der Waals surface area (Å²) in [6, 6.07) is 10.5. The highest BCUT2D eigenvalue weighted by Crippen LogP contribution is 2.66. The molecule has 2 aromatic carbocycles. The van der Waals surface area contributed by atoms with Crippen molar-refractivity contribution in [3.8, 4) is 22.5 Å². The van der Waals surface area contributed by atoms with Crippen LogP contribution >= 0.6 is 23.5 Å². The van der Waals surface area contributed by atoms with E-state index in [1.807, 2.05) is 0 Å². The molecular weight excluding hydrogens is 1150 g/mol. The van der Waals surface area contributed by atoms with E-state index in [4.69, 9.17) is 40.6 Å². The van der Waals surface area contributed by atoms with Crippen molar-refractivity contribution in [2.75, 3.05) is 44.8 Å². The number of phosphoric ester groups is 1. The van der Waals surface area contributed by atoms with Crippen molar-refractivity contribution >= 4 is 95.4 Å². The molecule has 422 valence electrons. The Kier molecular flexibility index (Phi) is 16.9. The maximum absolute atomic E-state index is 14.1. The van der Waals surface area contributed by atoms with Crippen LogP contribution in [-0.2, 0) is 68.4 Å². The Morgan fingerprint density at radius 3 is 2.27 bits per heavy atom. The van der Waals surface area contributed by atoms with Crippen LogP contribution in [0.5, 0.6) is 0 Å². The van der Waals surface area contributed by atoms with Crippen LogP contribution in [0, 0.1) is 5.41 Å². The van der Waals surface area contributed by atoms with Crippen LogP contribution in [0.4, 0.5) is 16.4 Å². The Labute approximate surface area is 437 Å². The lowest BCUT2D eigenvalue weighted by Gasteiger charge is -2.22. The number of aromatic amines is 1. The molecule has 2 aliphatic heterocycles. The number of aryl methyl sites for hydroxylation is 1. The van der Waals surface area contributed by atoms with Crippen molar-refractivity contribution in [1.29, 1.82) is 5.41 Å². The van der Waals surface area contributed by atoms with E-state index in [0.29, 0.717) is 0 Å². The van der Waals surface area contributed by atoms with E-state index in [1.165, 1.54) is 66.3 Å². The van der Waals surface area contributed by atoms with E-state index in [1.54, 1.807) is 0 Å². The number of carbonyl (C=O) groups is 3. The average Bonchev–Trinajstić information content (AvgIpc) is 3.80. The van der Waals surface area contributed by atoms with Gasteiger partial charge < -0.3 is 65.6 Å². The number of carbonyl (C=O) groups excluding carboxylic acids is 3. The summed E-state index contributed by atoms with van der Waals surface area (Å²) in [5.74, 6) is -2.28. The molecule has 34 nitrogen and oxygen atoms in total. The second kappa shape index (κ2) is 22.3. The predicted octanol–water partition coefficient (Wildman–Crippen LogP) is -0.431. The molecule has 4 heterocycles. The van der Waals surface area contributed by atoms with Gasteiger partial charge in [0.15, 0.2) is 39.7 Å². The van der Waals surface area contributed by atoms with Gasteiger partial charge in [0.25, 0.3) is 37.7 Å². The Hall–Kier alpha value is -6.56. The van der Waals surface area contributed by atoms with Gasteiger partial charge in [-0.05, 0) is 42.3 Å². The van der Waals surface area contributed by atoms with Gasteiger partial charge in [0.1, 0.15) is 6.10 Å².